The van der Waals surface area contributed by atoms with Crippen molar-refractivity contribution in [2.75, 3.05) is 11.9 Å². The molecule has 0 saturated carbocycles. The standard InChI is InChI=1S/C16H16BrNO2/c1-2-20-15-9-7-14(8-10-15)18-16(19)11-12-3-5-13(17)6-4-12/h3-10H,2,11H2,1H3,(H,18,19). The molecule has 2 aromatic rings. The lowest BCUT2D eigenvalue weighted by Crippen LogP contribution is -2.14. The second-order valence-electron chi connectivity index (χ2n) is 4.31. The van der Waals surface area contributed by atoms with E-state index in [-0.39, 0.29) is 5.91 Å². The van der Waals surface area contributed by atoms with Crippen molar-refractivity contribution in [2.45, 2.75) is 13.3 Å². The maximum Gasteiger partial charge on any atom is 0.228 e. The van der Waals surface area contributed by atoms with E-state index in [0.29, 0.717) is 13.0 Å². The Morgan fingerprint density at radius 3 is 2.35 bits per heavy atom. The first-order valence-corrected chi connectivity index (χ1v) is 7.24. The molecule has 4 heteroatoms. The Kier molecular flexibility index (Phi) is 5.18. The minimum absolute atomic E-state index is 0.0310. The first-order chi connectivity index (χ1) is 9.67. The average Bonchev–Trinajstić information content (AvgIpc) is 2.44. The number of halogens is 1. The fraction of sp³-hybridized carbons (Fsp3) is 0.188. The number of ether oxygens (including phenoxy) is 1. The van der Waals surface area contributed by atoms with Crippen LogP contribution in [0.2, 0.25) is 0 Å². The Balaban J connectivity index is 1.92. The highest BCUT2D eigenvalue weighted by Crippen LogP contribution is 2.16. The smallest absolute Gasteiger partial charge is 0.228 e. The van der Waals surface area contributed by atoms with E-state index in [0.717, 1.165) is 21.5 Å². The third-order valence-electron chi connectivity index (χ3n) is 2.73. The lowest BCUT2D eigenvalue weighted by molar-refractivity contribution is -0.115. The van der Waals surface area contributed by atoms with Gasteiger partial charge in [0.2, 0.25) is 5.91 Å². The monoisotopic (exact) mass is 333 g/mol. The molecule has 0 spiro atoms. The van der Waals surface area contributed by atoms with Crippen molar-refractivity contribution in [1.82, 2.24) is 0 Å². The van der Waals surface area contributed by atoms with E-state index in [1.165, 1.54) is 0 Å². The van der Waals surface area contributed by atoms with Crippen LogP contribution in [0.4, 0.5) is 5.69 Å². The summed E-state index contributed by atoms with van der Waals surface area (Å²) in [5.41, 5.74) is 1.76. The highest BCUT2D eigenvalue weighted by Gasteiger charge is 2.04. The molecule has 1 N–H and O–H groups in total. The van der Waals surface area contributed by atoms with E-state index in [1.807, 2.05) is 55.5 Å². The van der Waals surface area contributed by atoms with Crippen molar-refractivity contribution in [1.29, 1.82) is 0 Å². The summed E-state index contributed by atoms with van der Waals surface area (Å²) in [6, 6.07) is 15.1. The van der Waals surface area contributed by atoms with Crippen LogP contribution in [0.1, 0.15) is 12.5 Å². The topological polar surface area (TPSA) is 38.3 Å². The van der Waals surface area contributed by atoms with Crippen molar-refractivity contribution in [3.8, 4) is 5.75 Å². The Hall–Kier alpha value is -1.81. The summed E-state index contributed by atoms with van der Waals surface area (Å²) in [7, 11) is 0. The average molecular weight is 334 g/mol. The van der Waals surface area contributed by atoms with Gasteiger partial charge in [-0.3, -0.25) is 4.79 Å². The van der Waals surface area contributed by atoms with Crippen LogP contribution in [0, 0.1) is 0 Å². The lowest BCUT2D eigenvalue weighted by atomic mass is 10.1. The molecule has 3 nitrogen and oxygen atoms in total. The van der Waals surface area contributed by atoms with Gasteiger partial charge in [0.05, 0.1) is 13.0 Å². The molecule has 0 aliphatic heterocycles. The third-order valence-corrected chi connectivity index (χ3v) is 3.26. The van der Waals surface area contributed by atoms with Crippen LogP contribution >= 0.6 is 15.9 Å². The van der Waals surface area contributed by atoms with Crippen LogP contribution in [0.3, 0.4) is 0 Å². The predicted molar refractivity (Wildman–Crippen MR) is 84.1 cm³/mol. The molecule has 0 aromatic heterocycles. The Morgan fingerprint density at radius 1 is 1.10 bits per heavy atom. The molecule has 0 unspecified atom stereocenters. The van der Waals surface area contributed by atoms with Gasteiger partial charge in [0.15, 0.2) is 0 Å². The highest BCUT2D eigenvalue weighted by atomic mass is 79.9. The van der Waals surface area contributed by atoms with Crippen LogP contribution in [0.15, 0.2) is 53.0 Å². The van der Waals surface area contributed by atoms with Crippen LogP contribution in [-0.2, 0) is 11.2 Å². The van der Waals surface area contributed by atoms with Crippen molar-refractivity contribution in [3.63, 3.8) is 0 Å². The van der Waals surface area contributed by atoms with Crippen molar-refractivity contribution in [2.24, 2.45) is 0 Å². The Labute approximate surface area is 127 Å². The third kappa shape index (κ3) is 4.38. The molecule has 0 fully saturated rings. The molecule has 0 aliphatic rings. The molecular formula is C16H16BrNO2. The molecular weight excluding hydrogens is 318 g/mol. The van der Waals surface area contributed by atoms with Gasteiger partial charge in [-0.1, -0.05) is 28.1 Å². The first-order valence-electron chi connectivity index (χ1n) is 6.44. The second-order valence-corrected chi connectivity index (χ2v) is 5.22. The summed E-state index contributed by atoms with van der Waals surface area (Å²) in [5, 5.41) is 2.87. The number of nitrogens with one attached hydrogen (secondary N) is 1. The van der Waals surface area contributed by atoms with E-state index in [4.69, 9.17) is 4.74 Å². The second kappa shape index (κ2) is 7.10. The number of amides is 1. The molecule has 0 saturated heterocycles. The Bertz CT molecular complexity index is 564. The number of carbonyl (C=O) groups is 1. The molecule has 2 aromatic carbocycles. The van der Waals surface area contributed by atoms with Crippen LogP contribution in [0.25, 0.3) is 0 Å². The zero-order chi connectivity index (χ0) is 14.4. The van der Waals surface area contributed by atoms with E-state index >= 15 is 0 Å². The zero-order valence-corrected chi connectivity index (χ0v) is 12.8. The normalized spacial score (nSPS) is 10.1. The molecule has 0 bridgehead atoms. The van der Waals surface area contributed by atoms with Gasteiger partial charge in [-0.15, -0.1) is 0 Å². The summed E-state index contributed by atoms with van der Waals surface area (Å²) in [6.07, 6.45) is 0.362. The van der Waals surface area contributed by atoms with Gasteiger partial charge in [-0.25, -0.2) is 0 Å². The number of benzene rings is 2. The maximum absolute atomic E-state index is 11.9. The molecule has 104 valence electrons. The van der Waals surface area contributed by atoms with E-state index < -0.39 is 0 Å². The largest absolute Gasteiger partial charge is 0.494 e. The quantitative estimate of drug-likeness (QED) is 0.897. The SMILES string of the molecule is CCOc1ccc(NC(=O)Cc2ccc(Br)cc2)cc1. The number of rotatable bonds is 5. The van der Waals surface area contributed by atoms with Gasteiger partial charge in [0.1, 0.15) is 5.75 Å². The summed E-state index contributed by atoms with van der Waals surface area (Å²) in [5.74, 6) is 0.773. The van der Waals surface area contributed by atoms with Gasteiger partial charge in [-0.2, -0.15) is 0 Å². The molecule has 0 radical (unpaired) electrons. The lowest BCUT2D eigenvalue weighted by Gasteiger charge is -2.07. The highest BCUT2D eigenvalue weighted by molar-refractivity contribution is 9.10. The summed E-state index contributed by atoms with van der Waals surface area (Å²) < 4.78 is 6.36. The number of anilines is 1. The van der Waals surface area contributed by atoms with Gasteiger partial charge in [0.25, 0.3) is 0 Å². The van der Waals surface area contributed by atoms with Gasteiger partial charge in [0, 0.05) is 10.2 Å². The molecule has 20 heavy (non-hydrogen) atoms. The van der Waals surface area contributed by atoms with E-state index in [9.17, 15) is 4.79 Å². The van der Waals surface area contributed by atoms with Crippen LogP contribution < -0.4 is 10.1 Å². The molecule has 0 atom stereocenters. The van der Waals surface area contributed by atoms with Crippen molar-refractivity contribution < 1.29 is 9.53 Å². The molecule has 0 heterocycles. The Morgan fingerprint density at radius 2 is 1.75 bits per heavy atom. The number of carbonyl (C=O) groups excluding carboxylic acids is 1. The summed E-state index contributed by atoms with van der Waals surface area (Å²) >= 11 is 3.37. The molecule has 0 aliphatic carbocycles. The van der Waals surface area contributed by atoms with E-state index in [2.05, 4.69) is 21.2 Å². The number of hydrogen-bond acceptors (Lipinski definition) is 2. The predicted octanol–water partition coefficient (Wildman–Crippen LogP) is 4.03. The van der Waals surface area contributed by atoms with Gasteiger partial charge < -0.3 is 10.1 Å². The fourth-order valence-corrected chi connectivity index (χ4v) is 2.06. The van der Waals surface area contributed by atoms with E-state index in [1.54, 1.807) is 0 Å². The molecule has 1 amide bonds. The van der Waals surface area contributed by atoms with Crippen molar-refractivity contribution in [3.05, 3.63) is 58.6 Å². The van der Waals surface area contributed by atoms with Crippen molar-refractivity contribution >= 4 is 27.5 Å². The van der Waals surface area contributed by atoms with Crippen LogP contribution in [0.5, 0.6) is 5.75 Å². The fourth-order valence-electron chi connectivity index (χ4n) is 1.79. The van der Waals surface area contributed by atoms with Gasteiger partial charge in [-0.05, 0) is 48.9 Å². The molecule has 2 rings (SSSR count). The summed E-state index contributed by atoms with van der Waals surface area (Å²) in [4.78, 5) is 11.9. The van der Waals surface area contributed by atoms with Crippen LogP contribution in [-0.4, -0.2) is 12.5 Å². The minimum Gasteiger partial charge on any atom is -0.494 e. The maximum atomic E-state index is 11.9. The first kappa shape index (κ1) is 14.6. The van der Waals surface area contributed by atoms with Gasteiger partial charge >= 0.3 is 0 Å². The minimum atomic E-state index is -0.0310. The summed E-state index contributed by atoms with van der Waals surface area (Å²) in [6.45, 7) is 2.57. The zero-order valence-electron chi connectivity index (χ0n) is 11.2. The number of hydrogen-bond donors (Lipinski definition) is 1.